The maximum absolute atomic E-state index is 13.2. The van der Waals surface area contributed by atoms with E-state index in [1.807, 2.05) is 0 Å². The summed E-state index contributed by atoms with van der Waals surface area (Å²) in [6.45, 7) is 5.74. The molecule has 4 atom stereocenters. The summed E-state index contributed by atoms with van der Waals surface area (Å²) < 4.78 is 0. The van der Waals surface area contributed by atoms with Crippen LogP contribution >= 0.6 is 0 Å². The molecule has 0 heterocycles. The van der Waals surface area contributed by atoms with Crippen LogP contribution < -0.4 is 11.1 Å². The largest absolute Gasteiger partial charge is 0.355 e. The second kappa shape index (κ2) is 5.21. The zero-order valence-corrected chi connectivity index (χ0v) is 15.0. The van der Waals surface area contributed by atoms with Crippen LogP contribution in [0.1, 0.15) is 78.1 Å². The summed E-state index contributed by atoms with van der Waals surface area (Å²) >= 11 is 0. The van der Waals surface area contributed by atoms with Gasteiger partial charge < -0.3 is 11.1 Å². The second-order valence-electron chi connectivity index (χ2n) is 10.4. The monoisotopic (exact) mass is 318 g/mol. The molecule has 5 aliphatic carbocycles. The molecule has 3 nitrogen and oxygen atoms in total. The summed E-state index contributed by atoms with van der Waals surface area (Å²) in [5, 5.41) is 3.37. The highest BCUT2D eigenvalue weighted by Gasteiger charge is 2.62. The predicted octanol–water partition coefficient (Wildman–Crippen LogP) is 3.62. The molecule has 23 heavy (non-hydrogen) atoms. The Balaban J connectivity index is 1.44. The molecule has 3 heteroatoms. The van der Waals surface area contributed by atoms with Crippen molar-refractivity contribution in [1.29, 1.82) is 0 Å². The zero-order valence-electron chi connectivity index (χ0n) is 15.0. The number of amides is 1. The summed E-state index contributed by atoms with van der Waals surface area (Å²) in [5.41, 5.74) is 6.87. The molecule has 0 aliphatic heterocycles. The van der Waals surface area contributed by atoms with E-state index in [2.05, 4.69) is 19.2 Å². The Kier molecular flexibility index (Phi) is 3.61. The van der Waals surface area contributed by atoms with Crippen molar-refractivity contribution in [3.05, 3.63) is 0 Å². The third-order valence-corrected chi connectivity index (χ3v) is 7.48. The highest BCUT2D eigenvalue weighted by molar-refractivity contribution is 5.83. The predicted molar refractivity (Wildman–Crippen MR) is 92.8 cm³/mol. The lowest BCUT2D eigenvalue weighted by molar-refractivity contribution is -0.170. The molecule has 5 rings (SSSR count). The number of nitrogens with two attached hydrogens (primary N) is 1. The first kappa shape index (κ1) is 15.9. The average molecular weight is 319 g/mol. The Hall–Kier alpha value is -0.570. The van der Waals surface area contributed by atoms with Crippen LogP contribution in [-0.2, 0) is 4.79 Å². The number of rotatable bonds is 3. The molecule has 0 spiro atoms. The Morgan fingerprint density at radius 2 is 1.78 bits per heavy atom. The molecule has 5 fully saturated rings. The SMILES string of the molecule is CC12CC3CC(C)(C1)CC(C(=O)NCC1CCCC(N)C1)(C3)C2. The van der Waals surface area contributed by atoms with E-state index in [0.29, 0.717) is 28.7 Å². The molecule has 130 valence electrons. The topological polar surface area (TPSA) is 55.1 Å². The van der Waals surface area contributed by atoms with E-state index in [0.717, 1.165) is 44.6 Å². The molecule has 0 aromatic heterocycles. The van der Waals surface area contributed by atoms with Gasteiger partial charge in [-0.2, -0.15) is 0 Å². The highest BCUT2D eigenvalue weighted by Crippen LogP contribution is 2.69. The van der Waals surface area contributed by atoms with E-state index < -0.39 is 0 Å². The van der Waals surface area contributed by atoms with Crippen LogP contribution in [0.2, 0.25) is 0 Å². The van der Waals surface area contributed by atoms with Gasteiger partial charge >= 0.3 is 0 Å². The summed E-state index contributed by atoms with van der Waals surface area (Å²) in [7, 11) is 0. The lowest BCUT2D eigenvalue weighted by atomic mass is 9.40. The van der Waals surface area contributed by atoms with E-state index in [-0.39, 0.29) is 5.41 Å². The van der Waals surface area contributed by atoms with Gasteiger partial charge in [0, 0.05) is 12.6 Å². The van der Waals surface area contributed by atoms with Crippen molar-refractivity contribution in [3.63, 3.8) is 0 Å². The van der Waals surface area contributed by atoms with E-state index in [1.54, 1.807) is 0 Å². The van der Waals surface area contributed by atoms with Gasteiger partial charge in [0.25, 0.3) is 0 Å². The molecule has 5 saturated carbocycles. The molecule has 0 radical (unpaired) electrons. The minimum atomic E-state index is -0.0559. The first-order chi connectivity index (χ1) is 10.8. The Labute approximate surface area is 141 Å². The molecule has 0 aromatic rings. The standard InChI is InChI=1S/C20H34N2O/c1-18-7-15-8-19(2,11-18)13-20(9-15,12-18)17(23)22-10-14-4-3-5-16(21)6-14/h14-16H,3-13,21H2,1-2H3,(H,22,23). The molecule has 4 unspecified atom stereocenters. The smallest absolute Gasteiger partial charge is 0.226 e. The van der Waals surface area contributed by atoms with Gasteiger partial charge in [0.05, 0.1) is 5.41 Å². The Morgan fingerprint density at radius 1 is 1.09 bits per heavy atom. The van der Waals surface area contributed by atoms with Crippen molar-refractivity contribution in [1.82, 2.24) is 5.32 Å². The number of hydrogen-bond donors (Lipinski definition) is 2. The van der Waals surface area contributed by atoms with Gasteiger partial charge in [0.1, 0.15) is 0 Å². The van der Waals surface area contributed by atoms with Gasteiger partial charge in [-0.1, -0.05) is 20.3 Å². The molecular formula is C20H34N2O. The highest BCUT2D eigenvalue weighted by atomic mass is 16.2. The molecular weight excluding hydrogens is 284 g/mol. The normalized spacial score (nSPS) is 51.7. The second-order valence-corrected chi connectivity index (χ2v) is 10.4. The van der Waals surface area contributed by atoms with Crippen LogP contribution in [0.5, 0.6) is 0 Å². The molecule has 4 bridgehead atoms. The Bertz CT molecular complexity index is 484. The average Bonchev–Trinajstić information content (AvgIpc) is 2.41. The van der Waals surface area contributed by atoms with Gasteiger partial charge in [-0.3, -0.25) is 4.79 Å². The molecule has 3 N–H and O–H groups in total. The fourth-order valence-electron chi connectivity index (χ4n) is 7.64. The van der Waals surface area contributed by atoms with Crippen LogP contribution in [0.4, 0.5) is 0 Å². The van der Waals surface area contributed by atoms with E-state index in [9.17, 15) is 4.79 Å². The minimum Gasteiger partial charge on any atom is -0.355 e. The lowest BCUT2D eigenvalue weighted by Crippen LogP contribution is -2.60. The van der Waals surface area contributed by atoms with Crippen molar-refractivity contribution < 1.29 is 4.79 Å². The van der Waals surface area contributed by atoms with Gasteiger partial charge in [-0.15, -0.1) is 0 Å². The third-order valence-electron chi connectivity index (χ3n) is 7.48. The van der Waals surface area contributed by atoms with Gasteiger partial charge in [0.15, 0.2) is 0 Å². The summed E-state index contributed by atoms with van der Waals surface area (Å²) in [6.07, 6.45) is 12.2. The quantitative estimate of drug-likeness (QED) is 0.835. The van der Waals surface area contributed by atoms with E-state index in [4.69, 9.17) is 5.73 Å². The number of carbonyl (C=O) groups is 1. The van der Waals surface area contributed by atoms with Crippen LogP contribution in [0.15, 0.2) is 0 Å². The molecule has 0 aromatic carbocycles. The van der Waals surface area contributed by atoms with Gasteiger partial charge in [-0.25, -0.2) is 0 Å². The fraction of sp³-hybridized carbons (Fsp3) is 0.950. The minimum absolute atomic E-state index is 0.0559. The maximum Gasteiger partial charge on any atom is 0.226 e. The molecule has 5 aliphatic rings. The van der Waals surface area contributed by atoms with Crippen molar-refractivity contribution >= 4 is 5.91 Å². The van der Waals surface area contributed by atoms with Crippen LogP contribution in [0.3, 0.4) is 0 Å². The zero-order chi connectivity index (χ0) is 16.3. The summed E-state index contributed by atoms with van der Waals surface area (Å²) in [4.78, 5) is 13.2. The lowest BCUT2D eigenvalue weighted by Gasteiger charge is -2.64. The summed E-state index contributed by atoms with van der Waals surface area (Å²) in [6, 6.07) is 0.350. The fourth-order valence-corrected chi connectivity index (χ4v) is 7.64. The summed E-state index contributed by atoms with van der Waals surface area (Å²) in [5.74, 6) is 1.76. The van der Waals surface area contributed by atoms with Crippen molar-refractivity contribution in [2.45, 2.75) is 84.1 Å². The third kappa shape index (κ3) is 2.83. The molecule has 0 saturated heterocycles. The number of nitrogens with one attached hydrogen (secondary N) is 1. The van der Waals surface area contributed by atoms with Crippen LogP contribution in [0.25, 0.3) is 0 Å². The first-order valence-electron chi connectivity index (χ1n) is 9.84. The van der Waals surface area contributed by atoms with E-state index >= 15 is 0 Å². The number of carbonyl (C=O) groups excluding carboxylic acids is 1. The maximum atomic E-state index is 13.2. The first-order valence-corrected chi connectivity index (χ1v) is 9.84. The molecule has 1 amide bonds. The van der Waals surface area contributed by atoms with Crippen molar-refractivity contribution in [2.24, 2.45) is 33.8 Å². The van der Waals surface area contributed by atoms with Gasteiger partial charge in [0.2, 0.25) is 5.91 Å². The van der Waals surface area contributed by atoms with Crippen molar-refractivity contribution in [2.75, 3.05) is 6.54 Å². The van der Waals surface area contributed by atoms with Crippen LogP contribution in [0, 0.1) is 28.1 Å². The van der Waals surface area contributed by atoms with Crippen molar-refractivity contribution in [3.8, 4) is 0 Å². The Morgan fingerprint density at radius 3 is 2.39 bits per heavy atom. The van der Waals surface area contributed by atoms with Gasteiger partial charge in [-0.05, 0) is 80.5 Å². The van der Waals surface area contributed by atoms with Crippen LogP contribution in [-0.4, -0.2) is 18.5 Å². The number of hydrogen-bond acceptors (Lipinski definition) is 2. The van der Waals surface area contributed by atoms with E-state index in [1.165, 1.54) is 32.1 Å².